The molecule has 2 N–H and O–H groups in total. The summed E-state index contributed by atoms with van der Waals surface area (Å²) in [5, 5.41) is 13.6. The molecule has 172 valence electrons. The molecule has 0 aromatic heterocycles. The number of sulfonamides is 1. The maximum atomic E-state index is 13.5. The first-order valence-corrected chi connectivity index (χ1v) is 11.2. The number of methoxy groups -OCH3 is 2. The van der Waals surface area contributed by atoms with Crippen LogP contribution in [-0.4, -0.2) is 46.4 Å². The Labute approximate surface area is 191 Å². The van der Waals surface area contributed by atoms with Crippen LogP contribution < -0.4 is 19.2 Å². The lowest BCUT2D eigenvalue weighted by Crippen LogP contribution is -2.39. The zero-order valence-electron chi connectivity index (χ0n) is 18.0. The van der Waals surface area contributed by atoms with Gasteiger partial charge in [-0.1, -0.05) is 30.3 Å². The minimum absolute atomic E-state index is 0.000354. The standard InChI is InChI=1S/C23H23N3O6S/c1-31-18-12-13-22(32-2)20(14-18)26(33(29,30)19-9-4-3-5-10-19)16-23(28)25-24-15-17-8-6-7-11-21(17)27/h3-15,27H,16H2,1-2H3,(H,25,28)/b24-15-. The molecule has 33 heavy (non-hydrogen) atoms. The maximum absolute atomic E-state index is 13.5. The molecule has 0 aliphatic rings. The quantitative estimate of drug-likeness (QED) is 0.368. The van der Waals surface area contributed by atoms with Crippen LogP contribution in [0.15, 0.2) is 82.8 Å². The van der Waals surface area contributed by atoms with E-state index >= 15 is 0 Å². The second-order valence-electron chi connectivity index (χ2n) is 6.71. The van der Waals surface area contributed by atoms with E-state index in [0.29, 0.717) is 11.3 Å². The molecular weight excluding hydrogens is 446 g/mol. The number of nitrogens with zero attached hydrogens (tertiary/aromatic N) is 2. The van der Waals surface area contributed by atoms with Crippen LogP contribution in [0.2, 0.25) is 0 Å². The zero-order chi connectivity index (χ0) is 23.8. The third kappa shape index (κ3) is 5.60. The van der Waals surface area contributed by atoms with Crippen LogP contribution in [0.3, 0.4) is 0 Å². The Kier molecular flexibility index (Phi) is 7.52. The van der Waals surface area contributed by atoms with Gasteiger partial charge in [0.15, 0.2) is 0 Å². The molecule has 3 aromatic carbocycles. The Balaban J connectivity index is 1.94. The predicted molar refractivity (Wildman–Crippen MR) is 124 cm³/mol. The van der Waals surface area contributed by atoms with Crippen molar-refractivity contribution in [3.8, 4) is 17.2 Å². The highest BCUT2D eigenvalue weighted by atomic mass is 32.2. The summed E-state index contributed by atoms with van der Waals surface area (Å²) >= 11 is 0. The average Bonchev–Trinajstić information content (AvgIpc) is 2.83. The molecule has 0 radical (unpaired) electrons. The lowest BCUT2D eigenvalue weighted by molar-refractivity contribution is -0.119. The third-order valence-electron chi connectivity index (χ3n) is 4.60. The van der Waals surface area contributed by atoms with Gasteiger partial charge < -0.3 is 14.6 Å². The van der Waals surface area contributed by atoms with Crippen LogP contribution in [0.1, 0.15) is 5.56 Å². The lowest BCUT2D eigenvalue weighted by Gasteiger charge is -2.25. The Morgan fingerprint density at radius 2 is 1.73 bits per heavy atom. The fourth-order valence-electron chi connectivity index (χ4n) is 2.95. The minimum atomic E-state index is -4.15. The van der Waals surface area contributed by atoms with Crippen molar-refractivity contribution >= 4 is 27.8 Å². The Morgan fingerprint density at radius 3 is 2.39 bits per heavy atom. The molecule has 10 heteroatoms. The molecule has 0 saturated carbocycles. The van der Waals surface area contributed by atoms with Crippen LogP contribution in [0.25, 0.3) is 0 Å². The molecule has 0 spiro atoms. The van der Waals surface area contributed by atoms with Crippen LogP contribution >= 0.6 is 0 Å². The summed E-state index contributed by atoms with van der Waals surface area (Å²) in [6, 6.07) is 18.8. The molecule has 9 nitrogen and oxygen atoms in total. The number of benzene rings is 3. The predicted octanol–water partition coefficient (Wildman–Crippen LogP) is 2.76. The minimum Gasteiger partial charge on any atom is -0.507 e. The van der Waals surface area contributed by atoms with E-state index in [1.165, 1.54) is 44.7 Å². The van der Waals surface area contributed by atoms with Crippen molar-refractivity contribution in [1.82, 2.24) is 5.43 Å². The van der Waals surface area contributed by atoms with Gasteiger partial charge in [0.1, 0.15) is 23.8 Å². The van der Waals surface area contributed by atoms with Crippen molar-refractivity contribution in [3.63, 3.8) is 0 Å². The number of carbonyl (C=O) groups is 1. The number of anilines is 1. The molecule has 0 atom stereocenters. The summed E-state index contributed by atoms with van der Waals surface area (Å²) in [7, 11) is -1.30. The largest absolute Gasteiger partial charge is 0.507 e. The number of phenolic OH excluding ortho intramolecular Hbond substituents is 1. The van der Waals surface area contributed by atoms with E-state index in [2.05, 4.69) is 10.5 Å². The number of phenols is 1. The number of hydrazone groups is 1. The summed E-state index contributed by atoms with van der Waals surface area (Å²) in [5.41, 5.74) is 2.80. The normalized spacial score (nSPS) is 11.2. The molecular formula is C23H23N3O6S. The van der Waals surface area contributed by atoms with Crippen molar-refractivity contribution < 1.29 is 27.8 Å². The highest BCUT2D eigenvalue weighted by Crippen LogP contribution is 2.35. The van der Waals surface area contributed by atoms with Crippen molar-refractivity contribution in [1.29, 1.82) is 0 Å². The fourth-order valence-corrected chi connectivity index (χ4v) is 4.39. The third-order valence-corrected chi connectivity index (χ3v) is 6.38. The highest BCUT2D eigenvalue weighted by molar-refractivity contribution is 7.92. The number of amides is 1. The van der Waals surface area contributed by atoms with Crippen molar-refractivity contribution in [2.24, 2.45) is 5.10 Å². The van der Waals surface area contributed by atoms with E-state index in [4.69, 9.17) is 9.47 Å². The monoisotopic (exact) mass is 469 g/mol. The van der Waals surface area contributed by atoms with E-state index < -0.39 is 22.5 Å². The SMILES string of the molecule is COc1ccc(OC)c(N(CC(=O)N/N=C\c2ccccc2O)S(=O)(=O)c2ccccc2)c1. The summed E-state index contributed by atoms with van der Waals surface area (Å²) in [6.07, 6.45) is 1.26. The summed E-state index contributed by atoms with van der Waals surface area (Å²) in [5.74, 6) is -0.0891. The number of carbonyl (C=O) groups excluding carboxylic acids is 1. The second-order valence-corrected chi connectivity index (χ2v) is 8.58. The molecule has 0 heterocycles. The smallest absolute Gasteiger partial charge is 0.264 e. The molecule has 0 aliphatic heterocycles. The Bertz CT molecular complexity index is 1250. The highest BCUT2D eigenvalue weighted by Gasteiger charge is 2.29. The fraction of sp³-hybridized carbons (Fsp3) is 0.130. The second kappa shape index (κ2) is 10.5. The van der Waals surface area contributed by atoms with E-state index in [1.54, 1.807) is 48.5 Å². The number of hydrogen-bond donors (Lipinski definition) is 2. The van der Waals surface area contributed by atoms with E-state index in [0.717, 1.165) is 4.31 Å². The number of hydrogen-bond acceptors (Lipinski definition) is 7. The first-order chi connectivity index (χ1) is 15.9. The topological polar surface area (TPSA) is 118 Å². The molecule has 0 fully saturated rings. The summed E-state index contributed by atoms with van der Waals surface area (Å²) in [6.45, 7) is -0.584. The van der Waals surface area contributed by atoms with E-state index in [1.807, 2.05) is 0 Å². The van der Waals surface area contributed by atoms with Crippen molar-refractivity contribution in [3.05, 3.63) is 78.4 Å². The molecule has 0 unspecified atom stereocenters. The van der Waals surface area contributed by atoms with Crippen LogP contribution in [0.4, 0.5) is 5.69 Å². The van der Waals surface area contributed by atoms with Crippen LogP contribution in [0.5, 0.6) is 17.2 Å². The molecule has 3 aromatic rings. The van der Waals surface area contributed by atoms with Gasteiger partial charge in [0.2, 0.25) is 0 Å². The average molecular weight is 470 g/mol. The summed E-state index contributed by atoms with van der Waals surface area (Å²) < 4.78 is 38.4. The van der Waals surface area contributed by atoms with E-state index in [-0.39, 0.29) is 22.1 Å². The summed E-state index contributed by atoms with van der Waals surface area (Å²) in [4.78, 5) is 12.7. The van der Waals surface area contributed by atoms with Gasteiger partial charge in [0.25, 0.3) is 15.9 Å². The maximum Gasteiger partial charge on any atom is 0.264 e. The van der Waals surface area contributed by atoms with Crippen LogP contribution in [-0.2, 0) is 14.8 Å². The van der Waals surface area contributed by atoms with Crippen LogP contribution in [0, 0.1) is 0 Å². The first-order valence-electron chi connectivity index (χ1n) is 9.76. The van der Waals surface area contributed by atoms with Gasteiger partial charge in [-0.3, -0.25) is 9.10 Å². The van der Waals surface area contributed by atoms with Gasteiger partial charge in [-0.15, -0.1) is 0 Å². The van der Waals surface area contributed by atoms with Crippen molar-refractivity contribution in [2.75, 3.05) is 25.1 Å². The van der Waals surface area contributed by atoms with Gasteiger partial charge in [-0.05, 0) is 36.4 Å². The lowest BCUT2D eigenvalue weighted by atomic mass is 10.2. The molecule has 3 rings (SSSR count). The zero-order valence-corrected chi connectivity index (χ0v) is 18.8. The Hall–Kier alpha value is -4.05. The van der Waals surface area contributed by atoms with Gasteiger partial charge in [0, 0.05) is 11.6 Å². The number of aromatic hydroxyl groups is 1. The van der Waals surface area contributed by atoms with E-state index in [9.17, 15) is 18.3 Å². The first kappa shape index (κ1) is 23.6. The number of rotatable bonds is 9. The van der Waals surface area contributed by atoms with Gasteiger partial charge >= 0.3 is 0 Å². The number of para-hydroxylation sites is 1. The van der Waals surface area contributed by atoms with Crippen molar-refractivity contribution in [2.45, 2.75) is 4.90 Å². The number of ether oxygens (including phenoxy) is 2. The van der Waals surface area contributed by atoms with Gasteiger partial charge in [-0.25, -0.2) is 13.8 Å². The molecule has 1 amide bonds. The molecule has 0 aliphatic carbocycles. The molecule has 0 bridgehead atoms. The van der Waals surface area contributed by atoms with Gasteiger partial charge in [0.05, 0.1) is 31.0 Å². The van der Waals surface area contributed by atoms with Gasteiger partial charge in [-0.2, -0.15) is 5.10 Å². The number of nitrogens with one attached hydrogen (secondary N) is 1. The molecule has 0 saturated heterocycles. The Morgan fingerprint density at radius 1 is 1.03 bits per heavy atom.